The summed E-state index contributed by atoms with van der Waals surface area (Å²) in [6.07, 6.45) is 4.45. The fraction of sp³-hybridized carbons (Fsp3) is 0.625. The van der Waals surface area contributed by atoms with Crippen LogP contribution in [0.3, 0.4) is 0 Å². The zero-order valence-electron chi connectivity index (χ0n) is 19.7. The molecule has 2 aliphatic heterocycles. The Hall–Kier alpha value is -2.82. The molecule has 32 heavy (non-hydrogen) atoms. The number of halogens is 1. The van der Waals surface area contributed by atoms with Crippen LogP contribution in [-0.2, 0) is 9.53 Å². The van der Waals surface area contributed by atoms with E-state index in [-0.39, 0.29) is 29.1 Å². The van der Waals surface area contributed by atoms with Gasteiger partial charge in [0.25, 0.3) is 0 Å². The van der Waals surface area contributed by atoms with Crippen LogP contribution < -0.4 is 9.64 Å². The number of hydrogen-bond donors (Lipinski definition) is 0. The van der Waals surface area contributed by atoms with Crippen LogP contribution in [-0.4, -0.2) is 56.6 Å². The Morgan fingerprint density at radius 2 is 2.22 bits per heavy atom. The van der Waals surface area contributed by atoms with E-state index in [0.29, 0.717) is 37.6 Å². The topological polar surface area (TPSA) is 78.2 Å². The van der Waals surface area contributed by atoms with Crippen LogP contribution in [0.5, 0.6) is 5.75 Å². The molecule has 2 heterocycles. The monoisotopic (exact) mass is 444 g/mol. The van der Waals surface area contributed by atoms with Crippen LogP contribution >= 0.6 is 0 Å². The van der Waals surface area contributed by atoms with Crippen molar-refractivity contribution < 1.29 is 18.7 Å². The lowest BCUT2D eigenvalue weighted by Gasteiger charge is -2.26. The first-order valence-corrected chi connectivity index (χ1v) is 11.2. The number of benzene rings is 1. The van der Waals surface area contributed by atoms with Gasteiger partial charge in [-0.2, -0.15) is 5.26 Å². The van der Waals surface area contributed by atoms with Crippen molar-refractivity contribution in [3.8, 4) is 11.8 Å². The van der Waals surface area contributed by atoms with Gasteiger partial charge in [-0.05, 0) is 46.0 Å². The number of anilines is 1. The molecule has 1 aromatic rings. The van der Waals surface area contributed by atoms with Gasteiger partial charge < -0.3 is 19.3 Å². The van der Waals surface area contributed by atoms with Gasteiger partial charge in [0.05, 0.1) is 18.6 Å². The molecule has 174 valence electrons. The molecule has 0 aliphatic carbocycles. The van der Waals surface area contributed by atoms with Crippen LogP contribution in [0.15, 0.2) is 11.1 Å². The van der Waals surface area contributed by atoms with Gasteiger partial charge in [0.15, 0.2) is 5.82 Å². The molecule has 0 N–H and O–H groups in total. The van der Waals surface area contributed by atoms with Crippen LogP contribution in [0.4, 0.5) is 15.8 Å². The van der Waals surface area contributed by atoms with Gasteiger partial charge in [-0.25, -0.2) is 9.38 Å². The van der Waals surface area contributed by atoms with Crippen molar-refractivity contribution in [3.63, 3.8) is 0 Å². The minimum absolute atomic E-state index is 0.0744. The first kappa shape index (κ1) is 23.8. The number of carbonyl (C=O) groups excluding carboxylic acids is 1. The summed E-state index contributed by atoms with van der Waals surface area (Å²) in [5.74, 6) is 0.0913. The molecule has 1 unspecified atom stereocenters. The Kier molecular flexibility index (Phi) is 7.27. The van der Waals surface area contributed by atoms with E-state index in [1.165, 1.54) is 6.34 Å². The second kappa shape index (κ2) is 9.76. The number of rotatable bonds is 5. The number of nitrogens with zero attached hydrogens (tertiary/aromatic N) is 4. The summed E-state index contributed by atoms with van der Waals surface area (Å²) in [6, 6.07) is 3.62. The summed E-state index contributed by atoms with van der Waals surface area (Å²) >= 11 is 0. The maximum atomic E-state index is 15.5. The molecule has 0 radical (unpaired) electrons. The first-order valence-electron chi connectivity index (χ1n) is 11.2. The molecule has 3 rings (SSSR count). The number of carbonyl (C=O) groups is 1. The maximum absolute atomic E-state index is 15.5. The van der Waals surface area contributed by atoms with Gasteiger partial charge in [0.2, 0.25) is 0 Å². The predicted octanol–water partition coefficient (Wildman–Crippen LogP) is 4.27. The highest BCUT2D eigenvalue weighted by Gasteiger charge is 2.35. The van der Waals surface area contributed by atoms with Crippen molar-refractivity contribution in [2.24, 2.45) is 16.8 Å². The molecule has 1 fully saturated rings. The third-order valence-electron chi connectivity index (χ3n) is 5.76. The van der Waals surface area contributed by atoms with E-state index in [2.05, 4.69) is 4.99 Å². The third kappa shape index (κ3) is 5.70. The highest BCUT2D eigenvalue weighted by atomic mass is 19.1. The molecule has 0 aromatic heterocycles. The SMILES string of the molecule is CN(C)C=Nc1cc2c(c(F)c1C#N)N1CCCC(CCC(=O)OC(C)(C)C)[C@H](CO2)C1. The fourth-order valence-corrected chi connectivity index (χ4v) is 4.36. The summed E-state index contributed by atoms with van der Waals surface area (Å²) in [5, 5.41) is 9.58. The fourth-order valence-electron chi connectivity index (χ4n) is 4.36. The summed E-state index contributed by atoms with van der Waals surface area (Å²) < 4.78 is 27.0. The Morgan fingerprint density at radius 1 is 1.47 bits per heavy atom. The van der Waals surface area contributed by atoms with Crippen molar-refractivity contribution in [1.82, 2.24) is 4.90 Å². The van der Waals surface area contributed by atoms with E-state index in [1.54, 1.807) is 11.0 Å². The lowest BCUT2D eigenvalue weighted by Crippen LogP contribution is -2.32. The Bertz CT molecular complexity index is 917. The van der Waals surface area contributed by atoms with Crippen LogP contribution in [0, 0.1) is 29.0 Å². The summed E-state index contributed by atoms with van der Waals surface area (Å²) in [5.41, 5.74) is 0.0392. The molecule has 7 nitrogen and oxygen atoms in total. The average molecular weight is 445 g/mol. The molecule has 1 aromatic carbocycles. The molecular weight excluding hydrogens is 411 g/mol. The van der Waals surface area contributed by atoms with E-state index in [0.717, 1.165) is 19.3 Å². The largest absolute Gasteiger partial charge is 0.491 e. The Labute approximate surface area is 189 Å². The number of nitriles is 1. The normalized spacial score (nSPS) is 20.6. The van der Waals surface area contributed by atoms with E-state index >= 15 is 4.39 Å². The molecular formula is C24H33FN4O3. The molecule has 2 aliphatic rings. The molecule has 8 heteroatoms. The Balaban J connectivity index is 1.82. The standard InChI is InChI=1S/C24H33FN4O3/c1-24(2,3)32-21(30)9-8-16-7-6-10-29-13-17(16)14-31-20-11-19(27-15-28(4)5)18(12-26)22(25)23(20)29/h11,15-17H,6-10,13-14H2,1-5H3/t16?,17-/m0/s1. The molecule has 0 spiro atoms. The minimum Gasteiger partial charge on any atom is -0.491 e. The second-order valence-electron chi connectivity index (χ2n) is 9.80. The smallest absolute Gasteiger partial charge is 0.306 e. The van der Waals surface area contributed by atoms with Gasteiger partial charge in [0, 0.05) is 45.6 Å². The molecule has 2 atom stereocenters. The van der Waals surface area contributed by atoms with E-state index in [9.17, 15) is 10.1 Å². The van der Waals surface area contributed by atoms with Gasteiger partial charge in [0.1, 0.15) is 28.7 Å². The van der Waals surface area contributed by atoms with Crippen LogP contribution in [0.25, 0.3) is 0 Å². The number of aliphatic imine (C=N–C) groups is 1. The zero-order chi connectivity index (χ0) is 23.5. The van der Waals surface area contributed by atoms with E-state index < -0.39 is 11.4 Å². The van der Waals surface area contributed by atoms with Gasteiger partial charge in [-0.15, -0.1) is 0 Å². The molecule has 1 saturated heterocycles. The van der Waals surface area contributed by atoms with E-state index in [1.807, 2.05) is 45.8 Å². The molecule has 0 amide bonds. The first-order chi connectivity index (χ1) is 15.1. The predicted molar refractivity (Wildman–Crippen MR) is 122 cm³/mol. The highest BCUT2D eigenvalue weighted by molar-refractivity contribution is 5.74. The Morgan fingerprint density at radius 3 is 2.88 bits per heavy atom. The zero-order valence-corrected chi connectivity index (χ0v) is 19.7. The van der Waals surface area contributed by atoms with E-state index in [4.69, 9.17) is 9.47 Å². The highest BCUT2D eigenvalue weighted by Crippen LogP contribution is 2.43. The summed E-state index contributed by atoms with van der Waals surface area (Å²) in [4.78, 5) is 20.2. The third-order valence-corrected chi connectivity index (χ3v) is 5.76. The summed E-state index contributed by atoms with van der Waals surface area (Å²) in [6.45, 7) is 7.35. The van der Waals surface area contributed by atoms with Crippen molar-refractivity contribution >= 4 is 23.7 Å². The summed E-state index contributed by atoms with van der Waals surface area (Å²) in [7, 11) is 3.61. The number of ether oxygens (including phenoxy) is 2. The minimum atomic E-state index is -0.580. The van der Waals surface area contributed by atoms with Crippen LogP contribution in [0.2, 0.25) is 0 Å². The maximum Gasteiger partial charge on any atom is 0.306 e. The second-order valence-corrected chi connectivity index (χ2v) is 9.80. The lowest BCUT2D eigenvalue weighted by molar-refractivity contribution is -0.155. The molecule has 0 saturated carbocycles. The van der Waals surface area contributed by atoms with Gasteiger partial charge in [-0.3, -0.25) is 4.79 Å². The van der Waals surface area contributed by atoms with Crippen molar-refractivity contribution in [3.05, 3.63) is 17.4 Å². The molecule has 2 bridgehead atoms. The van der Waals surface area contributed by atoms with Crippen molar-refractivity contribution in [1.29, 1.82) is 5.26 Å². The van der Waals surface area contributed by atoms with Gasteiger partial charge in [-0.1, -0.05) is 0 Å². The number of fused-ring (bicyclic) bond motifs is 4. The van der Waals surface area contributed by atoms with Crippen LogP contribution in [0.1, 0.15) is 52.0 Å². The number of hydrogen-bond acceptors (Lipinski definition) is 6. The van der Waals surface area contributed by atoms with Gasteiger partial charge >= 0.3 is 5.97 Å². The van der Waals surface area contributed by atoms with Crippen molar-refractivity contribution in [2.45, 2.75) is 52.1 Å². The van der Waals surface area contributed by atoms with Crippen molar-refractivity contribution in [2.75, 3.05) is 38.7 Å². The average Bonchev–Trinajstić information content (AvgIpc) is 3.00. The number of esters is 1. The lowest BCUT2D eigenvalue weighted by atomic mass is 9.86. The quantitative estimate of drug-likeness (QED) is 0.384.